The van der Waals surface area contributed by atoms with E-state index in [2.05, 4.69) is 0 Å². The highest BCUT2D eigenvalue weighted by atomic mass is 16.5. The summed E-state index contributed by atoms with van der Waals surface area (Å²) in [5, 5.41) is 10.8. The van der Waals surface area contributed by atoms with E-state index in [9.17, 15) is 14.7 Å². The van der Waals surface area contributed by atoms with E-state index in [1.165, 1.54) is 0 Å². The Bertz CT molecular complexity index is 303. The summed E-state index contributed by atoms with van der Waals surface area (Å²) in [5.74, 6) is -1.58. The second-order valence-electron chi connectivity index (χ2n) is 6.38. The zero-order valence-corrected chi connectivity index (χ0v) is 13.5. The van der Waals surface area contributed by atoms with Crippen molar-refractivity contribution < 1.29 is 23.9 Å². The minimum Gasteiger partial charge on any atom is -0.550 e. The van der Waals surface area contributed by atoms with Gasteiger partial charge >= 0.3 is 5.97 Å². The van der Waals surface area contributed by atoms with Gasteiger partial charge in [0, 0.05) is 12.4 Å². The Hall–Kier alpha value is -1.10. The molecule has 0 rings (SSSR count). The second-order valence-corrected chi connectivity index (χ2v) is 6.38. The third-order valence-corrected chi connectivity index (χ3v) is 3.04. The SMILES string of the molecule is CCCC(CCC)C(=O)OC(CC(=O)[O-])C[N+](C)(C)C. The first-order valence-corrected chi connectivity index (χ1v) is 7.40. The van der Waals surface area contributed by atoms with Crippen molar-refractivity contribution >= 4 is 11.9 Å². The molecule has 0 aliphatic heterocycles. The van der Waals surface area contributed by atoms with E-state index in [1.54, 1.807) is 0 Å². The predicted octanol–water partition coefficient (Wildman–Crippen LogP) is 0.961. The van der Waals surface area contributed by atoms with Gasteiger partial charge < -0.3 is 19.1 Å². The van der Waals surface area contributed by atoms with E-state index in [1.807, 2.05) is 35.0 Å². The Balaban J connectivity index is 4.67. The monoisotopic (exact) mass is 287 g/mol. The molecule has 0 saturated carbocycles. The van der Waals surface area contributed by atoms with Gasteiger partial charge in [-0.1, -0.05) is 26.7 Å². The van der Waals surface area contributed by atoms with Gasteiger partial charge in [0.15, 0.2) is 6.10 Å². The standard InChI is InChI=1S/C15H29NO4/c1-6-8-12(9-7-2)15(19)20-13(10-14(17)18)11-16(3,4)5/h12-13H,6-11H2,1-5H3. The summed E-state index contributed by atoms with van der Waals surface area (Å²) >= 11 is 0. The van der Waals surface area contributed by atoms with E-state index in [-0.39, 0.29) is 18.3 Å². The summed E-state index contributed by atoms with van der Waals surface area (Å²) in [7, 11) is 5.81. The summed E-state index contributed by atoms with van der Waals surface area (Å²) in [4.78, 5) is 22.9. The molecule has 0 spiro atoms. The van der Waals surface area contributed by atoms with Gasteiger partial charge in [0.1, 0.15) is 6.54 Å². The Labute approximate surface area is 122 Å². The number of likely N-dealkylation sites (N-methyl/N-ethyl adjacent to an activating group) is 1. The molecule has 0 saturated heterocycles. The van der Waals surface area contributed by atoms with Gasteiger partial charge in [-0.3, -0.25) is 4.79 Å². The van der Waals surface area contributed by atoms with Crippen LogP contribution in [-0.4, -0.2) is 50.2 Å². The van der Waals surface area contributed by atoms with Crippen molar-refractivity contribution in [2.75, 3.05) is 27.7 Å². The molecule has 1 unspecified atom stereocenters. The number of carbonyl (C=O) groups is 2. The lowest BCUT2D eigenvalue weighted by molar-refractivity contribution is -0.873. The highest BCUT2D eigenvalue weighted by Gasteiger charge is 2.26. The molecule has 0 fully saturated rings. The van der Waals surface area contributed by atoms with Crippen LogP contribution in [0.5, 0.6) is 0 Å². The molecule has 0 aromatic carbocycles. The third kappa shape index (κ3) is 8.91. The fraction of sp³-hybridized carbons (Fsp3) is 0.867. The van der Waals surface area contributed by atoms with Crippen molar-refractivity contribution in [1.82, 2.24) is 0 Å². The first-order chi connectivity index (χ1) is 9.19. The van der Waals surface area contributed by atoms with Crippen LogP contribution < -0.4 is 5.11 Å². The Morgan fingerprint density at radius 2 is 1.60 bits per heavy atom. The number of carboxylic acids is 1. The lowest BCUT2D eigenvalue weighted by atomic mass is 9.98. The smallest absolute Gasteiger partial charge is 0.309 e. The van der Waals surface area contributed by atoms with Crippen molar-refractivity contribution in [2.45, 2.75) is 52.1 Å². The van der Waals surface area contributed by atoms with Crippen LogP contribution in [-0.2, 0) is 14.3 Å². The summed E-state index contributed by atoms with van der Waals surface area (Å²) in [6.45, 7) is 4.52. The first kappa shape index (κ1) is 18.9. The number of esters is 1. The molecule has 20 heavy (non-hydrogen) atoms. The highest BCUT2D eigenvalue weighted by molar-refractivity contribution is 5.73. The second kappa shape index (κ2) is 8.95. The average Bonchev–Trinajstić information content (AvgIpc) is 2.25. The van der Waals surface area contributed by atoms with Crippen LogP contribution in [0.1, 0.15) is 46.0 Å². The molecule has 118 valence electrons. The molecule has 5 heteroatoms. The number of hydrogen-bond acceptors (Lipinski definition) is 4. The van der Waals surface area contributed by atoms with Crippen LogP contribution >= 0.6 is 0 Å². The van der Waals surface area contributed by atoms with Crippen molar-refractivity contribution in [3.05, 3.63) is 0 Å². The van der Waals surface area contributed by atoms with Crippen LogP contribution in [0.2, 0.25) is 0 Å². The van der Waals surface area contributed by atoms with Gasteiger partial charge in [-0.25, -0.2) is 0 Å². The van der Waals surface area contributed by atoms with Gasteiger partial charge in [0.25, 0.3) is 0 Å². The lowest BCUT2D eigenvalue weighted by Crippen LogP contribution is -2.45. The van der Waals surface area contributed by atoms with Gasteiger partial charge in [-0.05, 0) is 12.8 Å². The average molecular weight is 287 g/mol. The third-order valence-electron chi connectivity index (χ3n) is 3.04. The topological polar surface area (TPSA) is 66.4 Å². The van der Waals surface area contributed by atoms with E-state index in [4.69, 9.17) is 4.74 Å². The molecule has 0 aliphatic rings. The summed E-state index contributed by atoms with van der Waals surface area (Å²) in [6.07, 6.45) is 2.54. The molecule has 0 amide bonds. The van der Waals surface area contributed by atoms with E-state index >= 15 is 0 Å². The van der Waals surface area contributed by atoms with E-state index in [0.29, 0.717) is 11.0 Å². The zero-order valence-electron chi connectivity index (χ0n) is 13.5. The first-order valence-electron chi connectivity index (χ1n) is 7.40. The number of carboxylic acid groups (broad SMARTS) is 1. The summed E-state index contributed by atoms with van der Waals surface area (Å²) in [6, 6.07) is 0. The number of hydrogen-bond donors (Lipinski definition) is 0. The predicted molar refractivity (Wildman–Crippen MR) is 75.7 cm³/mol. The maximum Gasteiger partial charge on any atom is 0.309 e. The van der Waals surface area contributed by atoms with Crippen LogP contribution in [0.25, 0.3) is 0 Å². The normalized spacial score (nSPS) is 13.3. The van der Waals surface area contributed by atoms with E-state index in [0.717, 1.165) is 25.7 Å². The fourth-order valence-corrected chi connectivity index (χ4v) is 2.28. The van der Waals surface area contributed by atoms with Gasteiger partial charge in [-0.15, -0.1) is 0 Å². The van der Waals surface area contributed by atoms with Gasteiger partial charge in [0.05, 0.1) is 27.1 Å². The Morgan fingerprint density at radius 1 is 1.10 bits per heavy atom. The van der Waals surface area contributed by atoms with Crippen molar-refractivity contribution in [3.8, 4) is 0 Å². The number of quaternary nitrogens is 1. The Kier molecular flexibility index (Phi) is 8.46. The maximum atomic E-state index is 12.2. The quantitative estimate of drug-likeness (QED) is 0.443. The van der Waals surface area contributed by atoms with Crippen LogP contribution in [0.15, 0.2) is 0 Å². The number of carbonyl (C=O) groups excluding carboxylic acids is 2. The number of aliphatic carboxylic acids is 1. The number of nitrogens with zero attached hydrogens (tertiary/aromatic N) is 1. The van der Waals surface area contributed by atoms with Gasteiger partial charge in [-0.2, -0.15) is 0 Å². The van der Waals surface area contributed by atoms with Crippen molar-refractivity contribution in [3.63, 3.8) is 0 Å². The highest BCUT2D eigenvalue weighted by Crippen LogP contribution is 2.17. The molecule has 0 radical (unpaired) electrons. The molecule has 5 nitrogen and oxygen atoms in total. The summed E-state index contributed by atoms with van der Waals surface area (Å²) < 4.78 is 5.97. The molecule has 0 N–H and O–H groups in total. The van der Waals surface area contributed by atoms with Crippen LogP contribution in [0, 0.1) is 5.92 Å². The zero-order chi connectivity index (χ0) is 15.8. The fourth-order valence-electron chi connectivity index (χ4n) is 2.28. The summed E-state index contributed by atoms with van der Waals surface area (Å²) in [5.41, 5.74) is 0. The van der Waals surface area contributed by atoms with Crippen LogP contribution in [0.4, 0.5) is 0 Å². The molecular formula is C15H29NO4. The number of rotatable bonds is 10. The molecule has 0 heterocycles. The molecule has 0 aromatic heterocycles. The molecular weight excluding hydrogens is 258 g/mol. The number of ether oxygens (including phenoxy) is 1. The minimum absolute atomic E-state index is 0.123. The van der Waals surface area contributed by atoms with Crippen LogP contribution in [0.3, 0.4) is 0 Å². The van der Waals surface area contributed by atoms with Gasteiger partial charge in [0.2, 0.25) is 0 Å². The molecule has 1 atom stereocenters. The maximum absolute atomic E-state index is 12.2. The van der Waals surface area contributed by atoms with Crippen molar-refractivity contribution in [1.29, 1.82) is 0 Å². The minimum atomic E-state index is -1.18. The molecule has 0 aromatic rings. The Morgan fingerprint density at radius 3 is 1.95 bits per heavy atom. The van der Waals surface area contributed by atoms with Crippen molar-refractivity contribution in [2.24, 2.45) is 5.92 Å². The molecule has 0 aliphatic carbocycles. The molecule has 0 bridgehead atoms. The van der Waals surface area contributed by atoms with E-state index < -0.39 is 12.1 Å². The lowest BCUT2D eigenvalue weighted by Gasteiger charge is -2.30. The largest absolute Gasteiger partial charge is 0.550 e.